The van der Waals surface area contributed by atoms with Crippen molar-refractivity contribution in [3.63, 3.8) is 0 Å². The summed E-state index contributed by atoms with van der Waals surface area (Å²) in [6.07, 6.45) is 0.530. The first-order valence-electron chi connectivity index (χ1n) is 10.3. The number of rotatable bonds is 5. The van der Waals surface area contributed by atoms with Gasteiger partial charge in [-0.2, -0.15) is 9.57 Å². The van der Waals surface area contributed by atoms with E-state index in [1.807, 2.05) is 6.92 Å². The standard InChI is InChI=1S/C25H22F2N2O2S/c1-18-2-12-24(13-3-18)32(30,31)29-17-15-21(14-16-28)25(29,19-4-8-22(26)9-5-19)20-6-10-23(27)11-7-20/h2-13,21H,14-15,17H2,1H3. The first-order valence-corrected chi connectivity index (χ1v) is 11.7. The van der Waals surface area contributed by atoms with Crippen molar-refractivity contribution < 1.29 is 17.2 Å². The van der Waals surface area contributed by atoms with E-state index >= 15 is 0 Å². The summed E-state index contributed by atoms with van der Waals surface area (Å²) in [4.78, 5) is 0.134. The summed E-state index contributed by atoms with van der Waals surface area (Å²) < 4.78 is 56.8. The monoisotopic (exact) mass is 452 g/mol. The van der Waals surface area contributed by atoms with Gasteiger partial charge < -0.3 is 0 Å². The van der Waals surface area contributed by atoms with E-state index in [2.05, 4.69) is 6.07 Å². The van der Waals surface area contributed by atoms with Gasteiger partial charge in [-0.05, 0) is 60.9 Å². The Balaban J connectivity index is 2.01. The van der Waals surface area contributed by atoms with E-state index in [1.54, 1.807) is 48.5 Å². The van der Waals surface area contributed by atoms with Crippen LogP contribution in [0, 0.1) is 35.8 Å². The summed E-state index contributed by atoms with van der Waals surface area (Å²) in [6.45, 7) is 2.05. The molecular weight excluding hydrogens is 430 g/mol. The predicted octanol–water partition coefficient (Wildman–Crippen LogP) is 5.14. The minimum atomic E-state index is -3.99. The largest absolute Gasteiger partial charge is 0.244 e. The first-order chi connectivity index (χ1) is 15.3. The van der Waals surface area contributed by atoms with Crippen LogP contribution in [0.5, 0.6) is 0 Å². The zero-order valence-corrected chi connectivity index (χ0v) is 18.3. The van der Waals surface area contributed by atoms with Crippen molar-refractivity contribution in [1.29, 1.82) is 5.26 Å². The minimum absolute atomic E-state index is 0.0919. The number of nitrogens with zero attached hydrogens (tertiary/aromatic N) is 2. The maximum absolute atomic E-state index is 13.9. The third kappa shape index (κ3) is 3.60. The fourth-order valence-corrected chi connectivity index (χ4v) is 6.52. The average Bonchev–Trinajstić information content (AvgIpc) is 3.16. The van der Waals surface area contributed by atoms with Gasteiger partial charge in [0.15, 0.2) is 0 Å². The number of aryl methyl sites for hydroxylation is 1. The molecule has 0 aromatic heterocycles. The highest BCUT2D eigenvalue weighted by atomic mass is 32.2. The van der Waals surface area contributed by atoms with E-state index in [1.165, 1.54) is 28.6 Å². The van der Waals surface area contributed by atoms with E-state index in [4.69, 9.17) is 0 Å². The first kappa shape index (κ1) is 22.1. The van der Waals surface area contributed by atoms with Gasteiger partial charge >= 0.3 is 0 Å². The van der Waals surface area contributed by atoms with E-state index in [9.17, 15) is 22.5 Å². The van der Waals surface area contributed by atoms with Gasteiger partial charge in [-0.1, -0.05) is 42.0 Å². The maximum atomic E-state index is 13.9. The van der Waals surface area contributed by atoms with Crippen LogP contribution < -0.4 is 0 Å². The third-order valence-electron chi connectivity index (χ3n) is 6.18. The van der Waals surface area contributed by atoms with Crippen molar-refractivity contribution in [3.05, 3.63) is 101 Å². The molecule has 0 saturated carbocycles. The SMILES string of the molecule is Cc1ccc(S(=O)(=O)N2CCC(CC#N)C2(c2ccc(F)cc2)c2ccc(F)cc2)cc1. The average molecular weight is 453 g/mol. The van der Waals surface area contributed by atoms with Crippen molar-refractivity contribution in [2.45, 2.75) is 30.2 Å². The summed E-state index contributed by atoms with van der Waals surface area (Å²) >= 11 is 0. The molecule has 1 unspecified atom stereocenters. The van der Waals surface area contributed by atoms with Gasteiger partial charge in [-0.25, -0.2) is 17.2 Å². The van der Waals surface area contributed by atoms with Gasteiger partial charge in [0.25, 0.3) is 0 Å². The minimum Gasteiger partial charge on any atom is -0.207 e. The lowest BCUT2D eigenvalue weighted by molar-refractivity contribution is 0.237. The molecule has 0 aliphatic carbocycles. The van der Waals surface area contributed by atoms with Gasteiger partial charge in [0, 0.05) is 18.9 Å². The van der Waals surface area contributed by atoms with Crippen LogP contribution in [0.4, 0.5) is 8.78 Å². The van der Waals surface area contributed by atoms with Gasteiger partial charge in [0.2, 0.25) is 10.0 Å². The Labute approximate surface area is 186 Å². The van der Waals surface area contributed by atoms with Crippen LogP contribution in [0.25, 0.3) is 0 Å². The van der Waals surface area contributed by atoms with Crippen LogP contribution in [0.1, 0.15) is 29.5 Å². The number of nitriles is 1. The van der Waals surface area contributed by atoms with Crippen molar-refractivity contribution in [1.82, 2.24) is 4.31 Å². The molecule has 164 valence electrons. The number of hydrogen-bond acceptors (Lipinski definition) is 3. The number of benzene rings is 3. The topological polar surface area (TPSA) is 61.2 Å². The van der Waals surface area contributed by atoms with Crippen LogP contribution >= 0.6 is 0 Å². The molecule has 3 aromatic rings. The molecule has 0 amide bonds. The quantitative estimate of drug-likeness (QED) is 0.538. The van der Waals surface area contributed by atoms with Crippen LogP contribution in [0.2, 0.25) is 0 Å². The van der Waals surface area contributed by atoms with Crippen molar-refractivity contribution >= 4 is 10.0 Å². The number of halogens is 2. The molecule has 1 heterocycles. The Morgan fingerprint density at radius 3 is 1.91 bits per heavy atom. The third-order valence-corrected chi connectivity index (χ3v) is 8.10. The summed E-state index contributed by atoms with van der Waals surface area (Å²) in [7, 11) is -3.99. The molecule has 1 aliphatic rings. The molecule has 3 aromatic carbocycles. The van der Waals surface area contributed by atoms with E-state index < -0.39 is 33.1 Å². The highest BCUT2D eigenvalue weighted by Gasteiger charge is 2.55. The smallest absolute Gasteiger partial charge is 0.207 e. The van der Waals surface area contributed by atoms with E-state index in [-0.39, 0.29) is 17.9 Å². The fraction of sp³-hybridized carbons (Fsp3) is 0.240. The Kier molecular flexibility index (Phi) is 5.85. The van der Waals surface area contributed by atoms with E-state index in [0.717, 1.165) is 5.56 Å². The van der Waals surface area contributed by atoms with Crippen LogP contribution in [0.15, 0.2) is 77.7 Å². The van der Waals surface area contributed by atoms with Gasteiger partial charge in [0.05, 0.1) is 16.5 Å². The zero-order valence-electron chi connectivity index (χ0n) is 17.5. The molecule has 0 N–H and O–H groups in total. The molecule has 1 atom stereocenters. The molecule has 0 bridgehead atoms. The van der Waals surface area contributed by atoms with Crippen LogP contribution in [-0.2, 0) is 15.6 Å². The molecule has 0 radical (unpaired) electrons. The molecule has 1 aliphatic heterocycles. The molecule has 7 heteroatoms. The van der Waals surface area contributed by atoms with Crippen molar-refractivity contribution in [2.75, 3.05) is 6.54 Å². The van der Waals surface area contributed by atoms with Crippen molar-refractivity contribution in [3.8, 4) is 6.07 Å². The Morgan fingerprint density at radius 2 is 1.44 bits per heavy atom. The number of hydrogen-bond donors (Lipinski definition) is 0. The molecule has 1 fully saturated rings. The zero-order chi connectivity index (χ0) is 22.9. The second kappa shape index (κ2) is 8.45. The van der Waals surface area contributed by atoms with Crippen LogP contribution in [-0.4, -0.2) is 19.3 Å². The lowest BCUT2D eigenvalue weighted by Crippen LogP contribution is -2.49. The Morgan fingerprint density at radius 1 is 0.938 bits per heavy atom. The summed E-state index contributed by atoms with van der Waals surface area (Å²) in [5.74, 6) is -1.31. The molecular formula is C25H22F2N2O2S. The lowest BCUT2D eigenvalue weighted by Gasteiger charge is -2.42. The Hall–Kier alpha value is -3.08. The normalized spacial score (nSPS) is 18.4. The molecule has 4 rings (SSSR count). The number of sulfonamides is 1. The molecule has 32 heavy (non-hydrogen) atoms. The summed E-state index contributed by atoms with van der Waals surface area (Å²) in [5.41, 5.74) is 0.731. The lowest BCUT2D eigenvalue weighted by atomic mass is 9.73. The highest BCUT2D eigenvalue weighted by molar-refractivity contribution is 7.89. The summed E-state index contributed by atoms with van der Waals surface area (Å²) in [5, 5.41) is 9.54. The van der Waals surface area contributed by atoms with E-state index in [0.29, 0.717) is 17.5 Å². The highest BCUT2D eigenvalue weighted by Crippen LogP contribution is 2.52. The predicted molar refractivity (Wildman–Crippen MR) is 117 cm³/mol. The van der Waals surface area contributed by atoms with Crippen molar-refractivity contribution in [2.24, 2.45) is 5.92 Å². The Bertz CT molecular complexity index is 1200. The van der Waals surface area contributed by atoms with Gasteiger partial charge in [-0.3, -0.25) is 0 Å². The molecule has 0 spiro atoms. The molecule has 4 nitrogen and oxygen atoms in total. The van der Waals surface area contributed by atoms with Gasteiger partial charge in [0.1, 0.15) is 11.6 Å². The van der Waals surface area contributed by atoms with Gasteiger partial charge in [-0.15, -0.1) is 0 Å². The second-order valence-electron chi connectivity index (χ2n) is 8.02. The maximum Gasteiger partial charge on any atom is 0.244 e. The second-order valence-corrected chi connectivity index (χ2v) is 9.88. The molecule has 1 saturated heterocycles. The van der Waals surface area contributed by atoms with Crippen LogP contribution in [0.3, 0.4) is 0 Å². The summed E-state index contributed by atoms with van der Waals surface area (Å²) in [6, 6.07) is 20.0. The fourth-order valence-electron chi connectivity index (χ4n) is 4.70.